The van der Waals surface area contributed by atoms with Crippen LogP contribution in [0.25, 0.3) is 0 Å². The minimum Gasteiger partial charge on any atom is -0.378 e. The third-order valence-electron chi connectivity index (χ3n) is 4.24. The summed E-state index contributed by atoms with van der Waals surface area (Å²) < 4.78 is 5.55. The van der Waals surface area contributed by atoms with Crippen LogP contribution in [0, 0.1) is 10.1 Å². The summed E-state index contributed by atoms with van der Waals surface area (Å²) in [6.07, 6.45) is 5.31. The van der Waals surface area contributed by atoms with Gasteiger partial charge in [-0.25, -0.2) is 0 Å². The van der Waals surface area contributed by atoms with Crippen molar-refractivity contribution in [3.05, 3.63) is 10.1 Å². The van der Waals surface area contributed by atoms with E-state index < -0.39 is 4.92 Å². The van der Waals surface area contributed by atoms with E-state index in [0.29, 0.717) is 18.3 Å². The molecular formula is C14H22N6O3. The fourth-order valence-corrected chi connectivity index (χ4v) is 3.05. The third-order valence-corrected chi connectivity index (χ3v) is 4.24. The standard InChI is InChI=1S/C14H22N6O3/c15-12-11(20(21)22)13(19-6-2-1-3-7-19)18-14(17-12)16-9-10-5-4-8-23-10/h10H,1-9H2,(H3,15,16,17,18). The molecule has 2 aliphatic heterocycles. The lowest BCUT2D eigenvalue weighted by molar-refractivity contribution is -0.383. The average Bonchev–Trinajstić information content (AvgIpc) is 3.06. The van der Waals surface area contributed by atoms with Crippen molar-refractivity contribution in [1.29, 1.82) is 0 Å². The summed E-state index contributed by atoms with van der Waals surface area (Å²) in [5, 5.41) is 14.4. The number of nitro groups is 1. The van der Waals surface area contributed by atoms with Gasteiger partial charge in [-0.05, 0) is 32.1 Å². The molecule has 0 amide bonds. The molecule has 0 spiro atoms. The summed E-state index contributed by atoms with van der Waals surface area (Å²) >= 11 is 0. The summed E-state index contributed by atoms with van der Waals surface area (Å²) in [6.45, 7) is 2.86. The van der Waals surface area contributed by atoms with Crippen LogP contribution in [0.1, 0.15) is 32.1 Å². The Kier molecular flexibility index (Phi) is 4.75. The molecule has 3 N–H and O–H groups in total. The van der Waals surface area contributed by atoms with E-state index in [9.17, 15) is 10.1 Å². The van der Waals surface area contributed by atoms with Crippen LogP contribution in [-0.2, 0) is 4.74 Å². The van der Waals surface area contributed by atoms with E-state index in [0.717, 1.165) is 51.8 Å². The van der Waals surface area contributed by atoms with Gasteiger partial charge in [-0.15, -0.1) is 0 Å². The molecule has 126 valence electrons. The van der Waals surface area contributed by atoms with Crippen LogP contribution in [0.4, 0.5) is 23.3 Å². The van der Waals surface area contributed by atoms with Crippen molar-refractivity contribution in [2.75, 3.05) is 42.2 Å². The molecule has 0 radical (unpaired) electrons. The van der Waals surface area contributed by atoms with Gasteiger partial charge in [0.1, 0.15) is 0 Å². The molecule has 23 heavy (non-hydrogen) atoms. The topological polar surface area (TPSA) is 119 Å². The van der Waals surface area contributed by atoms with E-state index in [2.05, 4.69) is 15.3 Å². The maximum atomic E-state index is 11.3. The molecule has 2 fully saturated rings. The Morgan fingerprint density at radius 2 is 2.09 bits per heavy atom. The predicted octanol–water partition coefficient (Wildman–Crippen LogP) is 1.55. The fraction of sp³-hybridized carbons (Fsp3) is 0.714. The molecule has 1 aromatic rings. The Morgan fingerprint density at radius 3 is 2.74 bits per heavy atom. The number of aromatic nitrogens is 2. The Balaban J connectivity index is 1.82. The summed E-state index contributed by atoms with van der Waals surface area (Å²) in [6, 6.07) is 0. The predicted molar refractivity (Wildman–Crippen MR) is 86.6 cm³/mol. The van der Waals surface area contributed by atoms with Gasteiger partial charge in [-0.3, -0.25) is 10.1 Å². The van der Waals surface area contributed by atoms with Crippen LogP contribution in [0.5, 0.6) is 0 Å². The molecule has 0 aromatic carbocycles. The third kappa shape index (κ3) is 3.61. The quantitative estimate of drug-likeness (QED) is 0.619. The number of anilines is 3. The maximum Gasteiger partial charge on any atom is 0.353 e. The Labute approximate surface area is 134 Å². The largest absolute Gasteiger partial charge is 0.378 e. The van der Waals surface area contributed by atoms with Gasteiger partial charge < -0.3 is 20.7 Å². The van der Waals surface area contributed by atoms with Crippen LogP contribution in [0.2, 0.25) is 0 Å². The normalized spacial score (nSPS) is 21.4. The molecule has 0 saturated carbocycles. The molecular weight excluding hydrogens is 300 g/mol. The summed E-state index contributed by atoms with van der Waals surface area (Å²) in [4.78, 5) is 21.2. The van der Waals surface area contributed by atoms with Crippen LogP contribution in [-0.4, -0.2) is 47.2 Å². The highest BCUT2D eigenvalue weighted by atomic mass is 16.6. The van der Waals surface area contributed by atoms with Crippen LogP contribution >= 0.6 is 0 Å². The summed E-state index contributed by atoms with van der Waals surface area (Å²) in [5.41, 5.74) is 5.62. The van der Waals surface area contributed by atoms with Crippen molar-refractivity contribution in [2.24, 2.45) is 0 Å². The number of hydrogen-bond acceptors (Lipinski definition) is 8. The van der Waals surface area contributed by atoms with Crippen molar-refractivity contribution < 1.29 is 9.66 Å². The number of nitrogens with one attached hydrogen (secondary N) is 1. The zero-order valence-corrected chi connectivity index (χ0v) is 13.0. The molecule has 1 unspecified atom stereocenters. The lowest BCUT2D eigenvalue weighted by Crippen LogP contribution is -2.31. The van der Waals surface area contributed by atoms with Gasteiger partial charge in [0.15, 0.2) is 0 Å². The van der Waals surface area contributed by atoms with E-state index >= 15 is 0 Å². The first-order valence-electron chi connectivity index (χ1n) is 8.07. The molecule has 2 saturated heterocycles. The Bertz CT molecular complexity index is 570. The SMILES string of the molecule is Nc1nc(NCC2CCCO2)nc(N2CCCCC2)c1[N+](=O)[O-]. The fourth-order valence-electron chi connectivity index (χ4n) is 3.05. The lowest BCUT2D eigenvalue weighted by Gasteiger charge is -2.27. The second-order valence-corrected chi connectivity index (χ2v) is 5.93. The molecule has 3 rings (SSSR count). The first-order chi connectivity index (χ1) is 11.1. The molecule has 2 aliphatic rings. The van der Waals surface area contributed by atoms with Crippen molar-refractivity contribution >= 4 is 23.3 Å². The molecule has 3 heterocycles. The van der Waals surface area contributed by atoms with E-state index in [1.807, 2.05) is 4.90 Å². The maximum absolute atomic E-state index is 11.3. The van der Waals surface area contributed by atoms with Crippen molar-refractivity contribution in [1.82, 2.24) is 9.97 Å². The van der Waals surface area contributed by atoms with E-state index in [1.165, 1.54) is 0 Å². The number of nitrogens with two attached hydrogens (primary N) is 1. The summed E-state index contributed by atoms with van der Waals surface area (Å²) in [5.74, 6) is 0.543. The van der Waals surface area contributed by atoms with Gasteiger partial charge in [0, 0.05) is 26.2 Å². The molecule has 0 aliphatic carbocycles. The first kappa shape index (κ1) is 15.7. The second-order valence-electron chi connectivity index (χ2n) is 5.93. The summed E-state index contributed by atoms with van der Waals surface area (Å²) in [7, 11) is 0. The molecule has 1 atom stereocenters. The Hall–Kier alpha value is -2.16. The van der Waals surface area contributed by atoms with Gasteiger partial charge in [-0.1, -0.05) is 0 Å². The van der Waals surface area contributed by atoms with E-state index in [4.69, 9.17) is 10.5 Å². The molecule has 9 nitrogen and oxygen atoms in total. The van der Waals surface area contributed by atoms with Crippen molar-refractivity contribution in [2.45, 2.75) is 38.2 Å². The van der Waals surface area contributed by atoms with Gasteiger partial charge in [0.25, 0.3) is 0 Å². The van der Waals surface area contributed by atoms with Crippen LogP contribution < -0.4 is 16.0 Å². The highest BCUT2D eigenvalue weighted by molar-refractivity contribution is 5.71. The van der Waals surface area contributed by atoms with Crippen LogP contribution in [0.15, 0.2) is 0 Å². The number of piperidine rings is 1. The van der Waals surface area contributed by atoms with Crippen molar-refractivity contribution in [3.63, 3.8) is 0 Å². The number of nitrogens with zero attached hydrogens (tertiary/aromatic N) is 4. The smallest absolute Gasteiger partial charge is 0.353 e. The van der Waals surface area contributed by atoms with Crippen LogP contribution in [0.3, 0.4) is 0 Å². The second kappa shape index (κ2) is 6.95. The number of nitrogen functional groups attached to an aromatic ring is 1. The highest BCUT2D eigenvalue weighted by Gasteiger charge is 2.28. The number of rotatable bonds is 5. The molecule has 9 heteroatoms. The Morgan fingerprint density at radius 1 is 1.30 bits per heavy atom. The average molecular weight is 322 g/mol. The van der Waals surface area contributed by atoms with E-state index in [-0.39, 0.29) is 17.6 Å². The monoisotopic (exact) mass is 322 g/mol. The highest BCUT2D eigenvalue weighted by Crippen LogP contribution is 2.33. The van der Waals surface area contributed by atoms with Gasteiger partial charge in [0.2, 0.25) is 17.6 Å². The first-order valence-corrected chi connectivity index (χ1v) is 8.07. The number of hydrogen-bond donors (Lipinski definition) is 2. The lowest BCUT2D eigenvalue weighted by atomic mass is 10.1. The van der Waals surface area contributed by atoms with Crippen molar-refractivity contribution in [3.8, 4) is 0 Å². The zero-order valence-electron chi connectivity index (χ0n) is 13.0. The van der Waals surface area contributed by atoms with Gasteiger partial charge in [-0.2, -0.15) is 9.97 Å². The van der Waals surface area contributed by atoms with Gasteiger partial charge in [0.05, 0.1) is 11.0 Å². The zero-order chi connectivity index (χ0) is 16.2. The van der Waals surface area contributed by atoms with Gasteiger partial charge >= 0.3 is 5.69 Å². The molecule has 1 aromatic heterocycles. The van der Waals surface area contributed by atoms with E-state index in [1.54, 1.807) is 0 Å². The minimum atomic E-state index is -0.497. The minimum absolute atomic E-state index is 0.0968. The number of ether oxygens (including phenoxy) is 1. The molecule has 0 bridgehead atoms.